The van der Waals surface area contributed by atoms with Crippen LogP contribution in [0.25, 0.3) is 0 Å². The van der Waals surface area contributed by atoms with Crippen molar-refractivity contribution in [3.8, 4) is 0 Å². The van der Waals surface area contributed by atoms with Crippen molar-refractivity contribution in [1.29, 1.82) is 0 Å². The summed E-state index contributed by atoms with van der Waals surface area (Å²) < 4.78 is 13.0. The molecule has 146 valence electrons. The van der Waals surface area contributed by atoms with Gasteiger partial charge in [0.1, 0.15) is 5.82 Å². The molecule has 1 atom stereocenters. The van der Waals surface area contributed by atoms with Crippen molar-refractivity contribution in [3.63, 3.8) is 0 Å². The molecule has 0 radical (unpaired) electrons. The third-order valence-corrected chi connectivity index (χ3v) is 5.82. The number of hydrogen-bond acceptors (Lipinski definition) is 3. The van der Waals surface area contributed by atoms with E-state index in [4.69, 9.17) is 11.6 Å². The van der Waals surface area contributed by atoms with Crippen LogP contribution in [0.1, 0.15) is 19.3 Å². The summed E-state index contributed by atoms with van der Waals surface area (Å²) in [6.45, 7) is 1.63. The average Bonchev–Trinajstić information content (AvgIpc) is 2.99. The van der Waals surface area contributed by atoms with Gasteiger partial charge in [-0.15, -0.1) is 0 Å². The van der Waals surface area contributed by atoms with Gasteiger partial charge in [-0.3, -0.25) is 9.59 Å². The van der Waals surface area contributed by atoms with E-state index in [-0.39, 0.29) is 36.1 Å². The van der Waals surface area contributed by atoms with Crippen molar-refractivity contribution in [2.24, 2.45) is 0 Å². The van der Waals surface area contributed by atoms with E-state index >= 15 is 0 Å². The normalized spacial score (nSPS) is 25.2. The number of hydrogen-bond donors (Lipinski definition) is 2. The Hall–Kier alpha value is -2.44. The van der Waals surface area contributed by atoms with E-state index in [1.54, 1.807) is 36.4 Å². The predicted molar refractivity (Wildman–Crippen MR) is 106 cm³/mol. The van der Waals surface area contributed by atoms with Crippen LogP contribution >= 0.6 is 11.6 Å². The second-order valence-electron chi connectivity index (χ2n) is 7.38. The largest absolute Gasteiger partial charge is 0.382 e. The number of quaternary nitrogens is 1. The van der Waals surface area contributed by atoms with Crippen LogP contribution in [0, 0.1) is 5.82 Å². The molecule has 0 unspecified atom stereocenters. The molecular formula is C21H22ClFN3O2+. The molecule has 2 aliphatic rings. The Morgan fingerprint density at radius 2 is 1.64 bits per heavy atom. The van der Waals surface area contributed by atoms with E-state index < -0.39 is 0 Å². The Morgan fingerprint density at radius 3 is 2.29 bits per heavy atom. The number of nitrogens with one attached hydrogen (secondary N) is 2. The van der Waals surface area contributed by atoms with E-state index in [1.807, 2.05) is 0 Å². The molecule has 0 saturated carbocycles. The molecule has 2 amide bonds. The Kier molecular flexibility index (Phi) is 5.33. The van der Waals surface area contributed by atoms with Crippen molar-refractivity contribution in [2.75, 3.05) is 23.3 Å². The number of benzene rings is 2. The number of amides is 2. The first-order valence-corrected chi connectivity index (χ1v) is 9.88. The third-order valence-electron chi connectivity index (χ3n) is 5.57. The maximum atomic E-state index is 13.0. The van der Waals surface area contributed by atoms with Crippen LogP contribution < -0.4 is 15.1 Å². The molecule has 2 N–H and O–H groups in total. The standard InChI is InChI=1S/C21H21ClFN3O2/c22-14-1-7-18(8-2-14)26-20(27)13-19(21(26)28)25-11-9-17(10-12-25)24-16-5-3-15(23)4-6-16/h1-8,17,19,24H,9-13H2/p+1/t19-/m0/s1. The summed E-state index contributed by atoms with van der Waals surface area (Å²) in [6, 6.07) is 13.1. The molecule has 0 spiro atoms. The summed E-state index contributed by atoms with van der Waals surface area (Å²) in [6.07, 6.45) is 2.03. The fraction of sp³-hybridized carbons (Fsp3) is 0.333. The quantitative estimate of drug-likeness (QED) is 0.771. The Bertz CT molecular complexity index is 864. The van der Waals surface area contributed by atoms with E-state index in [0.29, 0.717) is 10.7 Å². The van der Waals surface area contributed by atoms with Crippen molar-refractivity contribution in [1.82, 2.24) is 0 Å². The molecule has 0 bridgehead atoms. The fourth-order valence-electron chi connectivity index (χ4n) is 4.08. The minimum atomic E-state index is -0.324. The van der Waals surface area contributed by atoms with Crippen LogP contribution in [0.5, 0.6) is 0 Å². The lowest BCUT2D eigenvalue weighted by atomic mass is 10.0. The minimum Gasteiger partial charge on any atom is -0.382 e. The highest BCUT2D eigenvalue weighted by Crippen LogP contribution is 2.24. The van der Waals surface area contributed by atoms with Gasteiger partial charge in [-0.05, 0) is 48.5 Å². The van der Waals surface area contributed by atoms with Crippen LogP contribution in [0.15, 0.2) is 48.5 Å². The first-order valence-electron chi connectivity index (χ1n) is 9.50. The number of piperidine rings is 1. The van der Waals surface area contributed by atoms with Crippen molar-refractivity contribution < 1.29 is 18.9 Å². The fourth-order valence-corrected chi connectivity index (χ4v) is 4.20. The zero-order chi connectivity index (χ0) is 19.7. The highest BCUT2D eigenvalue weighted by molar-refractivity contribution is 6.30. The highest BCUT2D eigenvalue weighted by Gasteiger charge is 2.46. The molecule has 28 heavy (non-hydrogen) atoms. The van der Waals surface area contributed by atoms with Crippen LogP contribution in [-0.2, 0) is 9.59 Å². The summed E-state index contributed by atoms with van der Waals surface area (Å²) in [5.41, 5.74) is 1.48. The zero-order valence-electron chi connectivity index (χ0n) is 15.3. The average molecular weight is 403 g/mol. The number of carbonyl (C=O) groups is 2. The molecule has 2 fully saturated rings. The predicted octanol–water partition coefficient (Wildman–Crippen LogP) is 2.27. The van der Waals surface area contributed by atoms with E-state index in [0.717, 1.165) is 36.5 Å². The molecule has 2 aromatic carbocycles. The van der Waals surface area contributed by atoms with Crippen LogP contribution in [0.3, 0.4) is 0 Å². The molecular weight excluding hydrogens is 381 g/mol. The van der Waals surface area contributed by atoms with E-state index in [2.05, 4.69) is 5.32 Å². The van der Waals surface area contributed by atoms with E-state index in [9.17, 15) is 14.0 Å². The number of imide groups is 1. The number of nitrogens with zero attached hydrogens (tertiary/aromatic N) is 1. The summed E-state index contributed by atoms with van der Waals surface area (Å²) in [4.78, 5) is 27.8. The van der Waals surface area contributed by atoms with Gasteiger partial charge < -0.3 is 10.2 Å². The summed E-state index contributed by atoms with van der Waals surface area (Å²) in [7, 11) is 0. The zero-order valence-corrected chi connectivity index (χ0v) is 16.1. The molecule has 4 rings (SSSR count). The van der Waals surface area contributed by atoms with Crippen molar-refractivity contribution in [3.05, 3.63) is 59.4 Å². The Labute approximate surface area is 168 Å². The SMILES string of the molecule is O=C1C[C@H]([NH+]2CCC(Nc3ccc(F)cc3)CC2)C(=O)N1c1ccc(Cl)cc1. The maximum absolute atomic E-state index is 13.0. The number of rotatable bonds is 4. The highest BCUT2D eigenvalue weighted by atomic mass is 35.5. The van der Waals surface area contributed by atoms with Crippen LogP contribution in [0.2, 0.25) is 5.02 Å². The van der Waals surface area contributed by atoms with Gasteiger partial charge in [0.2, 0.25) is 5.91 Å². The maximum Gasteiger partial charge on any atom is 0.292 e. The lowest BCUT2D eigenvalue weighted by Gasteiger charge is -2.32. The lowest BCUT2D eigenvalue weighted by Crippen LogP contribution is -3.17. The Balaban J connectivity index is 1.37. The molecule has 2 aromatic rings. The van der Waals surface area contributed by atoms with Gasteiger partial charge in [0, 0.05) is 29.6 Å². The second kappa shape index (κ2) is 7.89. The first-order chi connectivity index (χ1) is 13.5. The minimum absolute atomic E-state index is 0.132. The van der Waals surface area contributed by atoms with Gasteiger partial charge in [0.15, 0.2) is 6.04 Å². The number of halogens is 2. The van der Waals surface area contributed by atoms with Crippen LogP contribution in [-0.4, -0.2) is 37.0 Å². The number of anilines is 2. The molecule has 2 heterocycles. The van der Waals surface area contributed by atoms with Gasteiger partial charge >= 0.3 is 0 Å². The molecule has 7 heteroatoms. The lowest BCUT2D eigenvalue weighted by molar-refractivity contribution is -0.919. The Morgan fingerprint density at radius 1 is 1.00 bits per heavy atom. The molecule has 2 saturated heterocycles. The van der Waals surface area contributed by atoms with Gasteiger partial charge in [0.05, 0.1) is 25.2 Å². The summed E-state index contributed by atoms with van der Waals surface area (Å²) in [5, 5.41) is 3.99. The van der Waals surface area contributed by atoms with Gasteiger partial charge in [-0.2, -0.15) is 0 Å². The third kappa shape index (κ3) is 3.88. The molecule has 5 nitrogen and oxygen atoms in total. The van der Waals surface area contributed by atoms with Crippen molar-refractivity contribution >= 4 is 34.8 Å². The van der Waals surface area contributed by atoms with Crippen LogP contribution in [0.4, 0.5) is 15.8 Å². The first kappa shape index (κ1) is 18.9. The molecule has 0 aliphatic carbocycles. The monoisotopic (exact) mass is 402 g/mol. The second-order valence-corrected chi connectivity index (χ2v) is 7.82. The number of likely N-dealkylation sites (tertiary alicyclic amines) is 1. The topological polar surface area (TPSA) is 53.9 Å². The summed E-state index contributed by atoms with van der Waals surface area (Å²) in [5.74, 6) is -0.539. The smallest absolute Gasteiger partial charge is 0.292 e. The van der Waals surface area contributed by atoms with Gasteiger partial charge in [-0.25, -0.2) is 9.29 Å². The number of carbonyl (C=O) groups excluding carboxylic acids is 2. The molecule has 0 aromatic heterocycles. The van der Waals surface area contributed by atoms with Gasteiger partial charge in [-0.1, -0.05) is 11.6 Å². The summed E-state index contributed by atoms with van der Waals surface area (Å²) >= 11 is 5.90. The van der Waals surface area contributed by atoms with Crippen molar-refractivity contribution in [2.45, 2.75) is 31.3 Å². The molecule has 2 aliphatic heterocycles. The van der Waals surface area contributed by atoms with E-state index in [1.165, 1.54) is 17.0 Å². The van der Waals surface area contributed by atoms with Gasteiger partial charge in [0.25, 0.3) is 5.91 Å².